The Kier molecular flexibility index (Phi) is 4.22. The first-order valence-electron chi connectivity index (χ1n) is 6.00. The number of halogens is 1. The van der Waals surface area contributed by atoms with E-state index in [-0.39, 0.29) is 12.0 Å². The lowest BCUT2D eigenvalue weighted by Crippen LogP contribution is -2.48. The Labute approximate surface area is 111 Å². The number of nitrogens with zero attached hydrogens (tertiary/aromatic N) is 1. The summed E-state index contributed by atoms with van der Waals surface area (Å²) in [5, 5.41) is 9.78. The number of carboxylic acids is 1. The van der Waals surface area contributed by atoms with Crippen molar-refractivity contribution >= 4 is 17.6 Å². The summed E-state index contributed by atoms with van der Waals surface area (Å²) in [4.78, 5) is 13.1. The molecule has 0 aromatic heterocycles. The lowest BCUT2D eigenvalue weighted by molar-refractivity contribution is -0.144. The van der Waals surface area contributed by atoms with Gasteiger partial charge in [0.05, 0.1) is 5.92 Å². The average Bonchev–Trinajstić information content (AvgIpc) is 2.28. The standard InChI is InChI=1S/C13H17ClN2O2/c14-11-3-1-2-9(4-11)6-16-7-10(13(17)18)5-12(15)8-16/h1-4,10,12H,5-8,15H2,(H,17,18). The van der Waals surface area contributed by atoms with E-state index in [4.69, 9.17) is 22.4 Å². The molecule has 1 saturated heterocycles. The van der Waals surface area contributed by atoms with Crippen molar-refractivity contribution in [1.82, 2.24) is 4.90 Å². The van der Waals surface area contributed by atoms with Crippen molar-refractivity contribution in [3.05, 3.63) is 34.9 Å². The third-order valence-electron chi connectivity index (χ3n) is 3.20. The summed E-state index contributed by atoms with van der Waals surface area (Å²) in [6, 6.07) is 7.54. The number of aliphatic carboxylic acids is 1. The summed E-state index contributed by atoms with van der Waals surface area (Å²) in [5.41, 5.74) is 6.99. The van der Waals surface area contributed by atoms with E-state index in [1.807, 2.05) is 24.3 Å². The number of hydrogen-bond donors (Lipinski definition) is 2. The number of benzene rings is 1. The summed E-state index contributed by atoms with van der Waals surface area (Å²) in [6.45, 7) is 1.98. The first kappa shape index (κ1) is 13.3. The summed E-state index contributed by atoms with van der Waals surface area (Å²) < 4.78 is 0. The SMILES string of the molecule is NC1CC(C(=O)O)CN(Cc2cccc(Cl)c2)C1. The molecule has 2 atom stereocenters. The van der Waals surface area contributed by atoms with Crippen LogP contribution in [0.15, 0.2) is 24.3 Å². The van der Waals surface area contributed by atoms with Gasteiger partial charge in [0.15, 0.2) is 0 Å². The maximum Gasteiger partial charge on any atom is 0.307 e. The number of carbonyl (C=O) groups is 1. The molecule has 3 N–H and O–H groups in total. The molecule has 4 nitrogen and oxygen atoms in total. The van der Waals surface area contributed by atoms with E-state index in [2.05, 4.69) is 4.90 Å². The Morgan fingerprint density at radius 1 is 1.50 bits per heavy atom. The molecule has 0 spiro atoms. The van der Waals surface area contributed by atoms with Gasteiger partial charge in [0.25, 0.3) is 0 Å². The van der Waals surface area contributed by atoms with Crippen molar-refractivity contribution in [3.8, 4) is 0 Å². The molecule has 1 fully saturated rings. The van der Waals surface area contributed by atoms with Crippen molar-refractivity contribution in [2.75, 3.05) is 13.1 Å². The molecule has 1 aliphatic heterocycles. The van der Waals surface area contributed by atoms with E-state index in [0.29, 0.717) is 24.5 Å². The van der Waals surface area contributed by atoms with Gasteiger partial charge < -0.3 is 10.8 Å². The van der Waals surface area contributed by atoms with Gasteiger partial charge >= 0.3 is 5.97 Å². The number of nitrogens with two attached hydrogens (primary N) is 1. The third-order valence-corrected chi connectivity index (χ3v) is 3.44. The molecule has 1 aromatic carbocycles. The van der Waals surface area contributed by atoms with Gasteiger partial charge in [-0.3, -0.25) is 9.69 Å². The number of rotatable bonds is 3. The van der Waals surface area contributed by atoms with Crippen molar-refractivity contribution in [2.24, 2.45) is 11.7 Å². The lowest BCUT2D eigenvalue weighted by atomic mass is 9.94. The molecular weight excluding hydrogens is 252 g/mol. The Morgan fingerprint density at radius 3 is 2.94 bits per heavy atom. The maximum absolute atomic E-state index is 11.0. The predicted molar refractivity (Wildman–Crippen MR) is 70.4 cm³/mol. The molecular formula is C13H17ClN2O2. The van der Waals surface area contributed by atoms with Crippen molar-refractivity contribution in [1.29, 1.82) is 0 Å². The molecule has 1 aromatic rings. The second-order valence-corrected chi connectivity index (χ2v) is 5.29. The zero-order valence-electron chi connectivity index (χ0n) is 10.1. The highest BCUT2D eigenvalue weighted by Gasteiger charge is 2.29. The fraction of sp³-hybridized carbons (Fsp3) is 0.462. The summed E-state index contributed by atoms with van der Waals surface area (Å²) in [5.74, 6) is -1.13. The maximum atomic E-state index is 11.0. The van der Waals surface area contributed by atoms with Crippen LogP contribution in [-0.2, 0) is 11.3 Å². The van der Waals surface area contributed by atoms with Crippen LogP contribution < -0.4 is 5.73 Å². The van der Waals surface area contributed by atoms with Crippen LogP contribution >= 0.6 is 11.6 Å². The van der Waals surface area contributed by atoms with Gasteiger partial charge in [-0.25, -0.2) is 0 Å². The van der Waals surface area contributed by atoms with E-state index < -0.39 is 5.97 Å². The van der Waals surface area contributed by atoms with Gasteiger partial charge in [0.1, 0.15) is 0 Å². The van der Waals surface area contributed by atoms with Crippen LogP contribution in [0.25, 0.3) is 0 Å². The fourth-order valence-corrected chi connectivity index (χ4v) is 2.65. The van der Waals surface area contributed by atoms with Crippen LogP contribution in [-0.4, -0.2) is 35.1 Å². The van der Waals surface area contributed by atoms with Crippen molar-refractivity contribution in [3.63, 3.8) is 0 Å². The van der Waals surface area contributed by atoms with Crippen LogP contribution in [0, 0.1) is 5.92 Å². The highest BCUT2D eigenvalue weighted by Crippen LogP contribution is 2.19. The Balaban J connectivity index is 2.02. The average molecular weight is 269 g/mol. The first-order valence-corrected chi connectivity index (χ1v) is 6.37. The molecule has 1 heterocycles. The Bertz CT molecular complexity index is 439. The number of piperidine rings is 1. The third kappa shape index (κ3) is 3.45. The summed E-state index contributed by atoms with van der Waals surface area (Å²) in [6.07, 6.45) is 0.557. The van der Waals surface area contributed by atoms with Crippen LogP contribution in [0.5, 0.6) is 0 Å². The van der Waals surface area contributed by atoms with Gasteiger partial charge in [-0.05, 0) is 24.1 Å². The number of carboxylic acid groups (broad SMARTS) is 1. The minimum absolute atomic E-state index is 0.0703. The van der Waals surface area contributed by atoms with Crippen molar-refractivity contribution in [2.45, 2.75) is 19.0 Å². The van der Waals surface area contributed by atoms with E-state index in [1.165, 1.54) is 0 Å². The molecule has 0 radical (unpaired) electrons. The Hall–Kier alpha value is -1.10. The topological polar surface area (TPSA) is 66.6 Å². The van der Waals surface area contributed by atoms with Gasteiger partial charge in [-0.1, -0.05) is 23.7 Å². The first-order chi connectivity index (χ1) is 8.54. The van der Waals surface area contributed by atoms with E-state index in [0.717, 1.165) is 12.1 Å². The highest BCUT2D eigenvalue weighted by atomic mass is 35.5. The van der Waals surface area contributed by atoms with E-state index in [1.54, 1.807) is 0 Å². The lowest BCUT2D eigenvalue weighted by Gasteiger charge is -2.34. The van der Waals surface area contributed by atoms with E-state index in [9.17, 15) is 4.79 Å². The molecule has 0 aliphatic carbocycles. The minimum atomic E-state index is -0.763. The monoisotopic (exact) mass is 268 g/mol. The molecule has 98 valence electrons. The molecule has 2 rings (SSSR count). The largest absolute Gasteiger partial charge is 0.481 e. The van der Waals surface area contributed by atoms with E-state index >= 15 is 0 Å². The second kappa shape index (κ2) is 5.69. The number of hydrogen-bond acceptors (Lipinski definition) is 3. The zero-order chi connectivity index (χ0) is 13.1. The zero-order valence-corrected chi connectivity index (χ0v) is 10.8. The van der Waals surface area contributed by atoms with Crippen LogP contribution in [0.2, 0.25) is 5.02 Å². The van der Waals surface area contributed by atoms with Crippen LogP contribution in [0.3, 0.4) is 0 Å². The highest BCUT2D eigenvalue weighted by molar-refractivity contribution is 6.30. The summed E-state index contributed by atoms with van der Waals surface area (Å²) in [7, 11) is 0. The molecule has 1 aliphatic rings. The normalized spacial score (nSPS) is 25.0. The van der Waals surface area contributed by atoms with Crippen LogP contribution in [0.4, 0.5) is 0 Å². The molecule has 18 heavy (non-hydrogen) atoms. The fourth-order valence-electron chi connectivity index (χ4n) is 2.43. The van der Waals surface area contributed by atoms with Crippen molar-refractivity contribution < 1.29 is 9.90 Å². The summed E-state index contributed by atoms with van der Waals surface area (Å²) >= 11 is 5.93. The second-order valence-electron chi connectivity index (χ2n) is 4.85. The molecule has 2 unspecified atom stereocenters. The predicted octanol–water partition coefficient (Wildman–Crippen LogP) is 1.57. The van der Waals surface area contributed by atoms with Gasteiger partial charge in [-0.2, -0.15) is 0 Å². The van der Waals surface area contributed by atoms with Gasteiger partial charge in [0.2, 0.25) is 0 Å². The molecule has 0 saturated carbocycles. The molecule has 5 heteroatoms. The number of likely N-dealkylation sites (tertiary alicyclic amines) is 1. The smallest absolute Gasteiger partial charge is 0.307 e. The van der Waals surface area contributed by atoms with Gasteiger partial charge in [-0.15, -0.1) is 0 Å². The quantitative estimate of drug-likeness (QED) is 0.873. The molecule has 0 bridgehead atoms. The molecule has 0 amide bonds. The van der Waals surface area contributed by atoms with Gasteiger partial charge in [0, 0.05) is 30.7 Å². The van der Waals surface area contributed by atoms with Crippen LogP contribution in [0.1, 0.15) is 12.0 Å². The minimum Gasteiger partial charge on any atom is -0.481 e. The Morgan fingerprint density at radius 2 is 2.28 bits per heavy atom.